The molecule has 0 atom stereocenters. The summed E-state index contributed by atoms with van der Waals surface area (Å²) in [6.45, 7) is 9.59. The van der Waals surface area contributed by atoms with E-state index in [0.717, 1.165) is 44.7 Å². The summed E-state index contributed by atoms with van der Waals surface area (Å²) in [4.78, 5) is 20.6. The molecule has 1 aromatic rings. The van der Waals surface area contributed by atoms with Crippen LogP contribution in [0.15, 0.2) is 23.1 Å². The summed E-state index contributed by atoms with van der Waals surface area (Å²) < 4.78 is 27.7. The largest absolute Gasteiger partial charge is 0.371 e. The molecular weight excluding hydrogens is 424 g/mol. The van der Waals surface area contributed by atoms with Crippen molar-refractivity contribution in [2.75, 3.05) is 57.3 Å². The minimum atomic E-state index is -3.61. The molecule has 0 radical (unpaired) electrons. The Bertz CT molecular complexity index is 896. The summed E-state index contributed by atoms with van der Waals surface area (Å²) in [5.41, 5.74) is 1.42. The Balaban J connectivity index is 1.59. The molecule has 1 saturated carbocycles. The first kappa shape index (κ1) is 23.5. The molecular formula is C24H38N4O3S. The fourth-order valence-electron chi connectivity index (χ4n) is 5.52. The first-order valence-electron chi connectivity index (χ1n) is 12.4. The minimum absolute atomic E-state index is 0.0328. The Kier molecular flexibility index (Phi) is 7.42. The highest BCUT2D eigenvalue weighted by Crippen LogP contribution is 2.30. The number of sulfonamides is 1. The van der Waals surface area contributed by atoms with Crippen LogP contribution in [0.2, 0.25) is 0 Å². The van der Waals surface area contributed by atoms with Crippen molar-refractivity contribution in [1.29, 1.82) is 0 Å². The van der Waals surface area contributed by atoms with E-state index in [1.54, 1.807) is 12.1 Å². The topological polar surface area (TPSA) is 64.2 Å². The molecule has 1 amide bonds. The second-order valence-electron chi connectivity index (χ2n) is 9.23. The Hall–Kier alpha value is -1.64. The van der Waals surface area contributed by atoms with Crippen LogP contribution in [-0.2, 0) is 10.0 Å². The van der Waals surface area contributed by atoms with E-state index in [1.165, 1.54) is 30.0 Å². The van der Waals surface area contributed by atoms with E-state index in [-0.39, 0.29) is 10.8 Å². The van der Waals surface area contributed by atoms with Gasteiger partial charge in [-0.3, -0.25) is 9.69 Å². The highest BCUT2D eigenvalue weighted by Gasteiger charge is 2.31. The number of carbonyl (C=O) groups is 1. The van der Waals surface area contributed by atoms with Gasteiger partial charge >= 0.3 is 0 Å². The maximum Gasteiger partial charge on any atom is 0.256 e. The third-order valence-electron chi connectivity index (χ3n) is 7.43. The van der Waals surface area contributed by atoms with E-state index in [2.05, 4.69) is 9.80 Å². The molecule has 0 spiro atoms. The van der Waals surface area contributed by atoms with Gasteiger partial charge in [0.25, 0.3) is 5.91 Å². The molecule has 7 nitrogen and oxygen atoms in total. The van der Waals surface area contributed by atoms with Gasteiger partial charge in [0.1, 0.15) is 0 Å². The Morgan fingerprint density at radius 2 is 1.56 bits per heavy atom. The van der Waals surface area contributed by atoms with E-state index in [9.17, 15) is 13.2 Å². The van der Waals surface area contributed by atoms with Crippen LogP contribution in [0.1, 0.15) is 62.7 Å². The quantitative estimate of drug-likeness (QED) is 0.623. The zero-order valence-electron chi connectivity index (χ0n) is 19.6. The number of hydrogen-bond donors (Lipinski definition) is 0. The lowest BCUT2D eigenvalue weighted by molar-refractivity contribution is 0.0573. The Morgan fingerprint density at radius 1 is 0.938 bits per heavy atom. The van der Waals surface area contributed by atoms with Gasteiger partial charge in [-0.25, -0.2) is 8.42 Å². The van der Waals surface area contributed by atoms with Crippen molar-refractivity contribution in [3.63, 3.8) is 0 Å². The minimum Gasteiger partial charge on any atom is -0.371 e. The SMILES string of the molecule is CCN(CC)S(=O)(=O)c1ccc(N2CCCC2)c(C(=O)N2CCN(C3CCCC3)CC2)c1. The fourth-order valence-corrected chi connectivity index (χ4v) is 7.01. The predicted molar refractivity (Wildman–Crippen MR) is 128 cm³/mol. The molecule has 8 heteroatoms. The molecule has 178 valence electrons. The van der Waals surface area contributed by atoms with Crippen LogP contribution >= 0.6 is 0 Å². The van der Waals surface area contributed by atoms with Gasteiger partial charge < -0.3 is 9.80 Å². The van der Waals surface area contributed by atoms with E-state index in [1.807, 2.05) is 24.8 Å². The molecule has 1 aliphatic carbocycles. The number of benzene rings is 1. The molecule has 0 bridgehead atoms. The lowest BCUT2D eigenvalue weighted by Gasteiger charge is -2.38. The molecule has 0 unspecified atom stereocenters. The average molecular weight is 463 g/mol. The fraction of sp³-hybridized carbons (Fsp3) is 0.708. The molecule has 3 aliphatic rings. The van der Waals surface area contributed by atoms with Crippen molar-refractivity contribution in [2.45, 2.75) is 63.3 Å². The number of anilines is 1. The molecule has 2 heterocycles. The third kappa shape index (κ3) is 4.68. The van der Waals surface area contributed by atoms with Gasteiger partial charge in [-0.05, 0) is 43.9 Å². The maximum absolute atomic E-state index is 13.7. The van der Waals surface area contributed by atoms with Crippen molar-refractivity contribution >= 4 is 21.6 Å². The van der Waals surface area contributed by atoms with Gasteiger partial charge in [0.2, 0.25) is 10.0 Å². The van der Waals surface area contributed by atoms with Gasteiger partial charge in [-0.1, -0.05) is 26.7 Å². The van der Waals surface area contributed by atoms with Crippen LogP contribution in [0.25, 0.3) is 0 Å². The monoisotopic (exact) mass is 462 g/mol. The maximum atomic E-state index is 13.7. The Labute approximate surface area is 193 Å². The zero-order valence-corrected chi connectivity index (χ0v) is 20.4. The van der Waals surface area contributed by atoms with Crippen LogP contribution < -0.4 is 4.90 Å². The van der Waals surface area contributed by atoms with Gasteiger partial charge in [-0.15, -0.1) is 0 Å². The lowest BCUT2D eigenvalue weighted by atomic mass is 10.1. The van der Waals surface area contributed by atoms with E-state index in [4.69, 9.17) is 0 Å². The number of hydrogen-bond acceptors (Lipinski definition) is 5. The molecule has 2 saturated heterocycles. The number of amides is 1. The van der Waals surface area contributed by atoms with Crippen LogP contribution in [0.3, 0.4) is 0 Å². The molecule has 32 heavy (non-hydrogen) atoms. The second kappa shape index (κ2) is 10.1. The summed E-state index contributed by atoms with van der Waals surface area (Å²) in [5.74, 6) is -0.0328. The van der Waals surface area contributed by atoms with Gasteiger partial charge in [0, 0.05) is 64.1 Å². The molecule has 2 aliphatic heterocycles. The van der Waals surface area contributed by atoms with E-state index >= 15 is 0 Å². The summed E-state index contributed by atoms with van der Waals surface area (Å²) in [7, 11) is -3.61. The number of piperazine rings is 1. The molecule has 4 rings (SSSR count). The molecule has 0 aromatic heterocycles. The normalized spacial score (nSPS) is 21.1. The third-order valence-corrected chi connectivity index (χ3v) is 9.48. The van der Waals surface area contributed by atoms with Crippen LogP contribution in [0.5, 0.6) is 0 Å². The van der Waals surface area contributed by atoms with Crippen LogP contribution in [0.4, 0.5) is 5.69 Å². The number of carbonyl (C=O) groups excluding carboxylic acids is 1. The smallest absolute Gasteiger partial charge is 0.256 e. The summed E-state index contributed by atoms with van der Waals surface area (Å²) >= 11 is 0. The standard InChI is InChI=1S/C24H38N4O3S/c1-3-28(4-2)32(30,31)21-11-12-23(26-13-7-8-14-26)22(19-21)24(29)27-17-15-25(16-18-27)20-9-5-6-10-20/h11-12,19-20H,3-10,13-18H2,1-2H3. The summed E-state index contributed by atoms with van der Waals surface area (Å²) in [6.07, 6.45) is 7.39. The summed E-state index contributed by atoms with van der Waals surface area (Å²) in [5, 5.41) is 0. The average Bonchev–Trinajstić information content (AvgIpc) is 3.53. The van der Waals surface area contributed by atoms with E-state index in [0.29, 0.717) is 37.8 Å². The highest BCUT2D eigenvalue weighted by atomic mass is 32.2. The van der Waals surface area contributed by atoms with Gasteiger partial charge in [0.05, 0.1) is 10.5 Å². The molecule has 0 N–H and O–H groups in total. The van der Waals surface area contributed by atoms with Crippen molar-refractivity contribution in [3.8, 4) is 0 Å². The first-order chi connectivity index (χ1) is 15.5. The lowest BCUT2D eigenvalue weighted by Crippen LogP contribution is -2.51. The van der Waals surface area contributed by atoms with Crippen molar-refractivity contribution in [1.82, 2.24) is 14.1 Å². The number of nitrogens with zero attached hydrogens (tertiary/aromatic N) is 4. The molecule has 3 fully saturated rings. The van der Waals surface area contributed by atoms with Crippen molar-refractivity contribution in [2.24, 2.45) is 0 Å². The van der Waals surface area contributed by atoms with Crippen LogP contribution in [0, 0.1) is 0 Å². The van der Waals surface area contributed by atoms with Crippen LogP contribution in [-0.4, -0.2) is 86.8 Å². The van der Waals surface area contributed by atoms with Crippen molar-refractivity contribution in [3.05, 3.63) is 23.8 Å². The van der Waals surface area contributed by atoms with E-state index < -0.39 is 10.0 Å². The van der Waals surface area contributed by atoms with Gasteiger partial charge in [0.15, 0.2) is 0 Å². The van der Waals surface area contributed by atoms with Crippen molar-refractivity contribution < 1.29 is 13.2 Å². The van der Waals surface area contributed by atoms with Gasteiger partial charge in [-0.2, -0.15) is 4.31 Å². The first-order valence-corrected chi connectivity index (χ1v) is 13.8. The zero-order chi connectivity index (χ0) is 22.7. The second-order valence-corrected chi connectivity index (χ2v) is 11.2. The Morgan fingerprint density at radius 3 is 2.16 bits per heavy atom. The summed E-state index contributed by atoms with van der Waals surface area (Å²) in [6, 6.07) is 5.84. The highest BCUT2D eigenvalue weighted by molar-refractivity contribution is 7.89. The number of rotatable bonds is 7. The molecule has 1 aromatic carbocycles. The predicted octanol–water partition coefficient (Wildman–Crippen LogP) is 3.02.